The Hall–Kier alpha value is -0.773. The van der Waals surface area contributed by atoms with Crippen molar-refractivity contribution >= 4 is 18.4 Å². The molecule has 0 bridgehead atoms. The summed E-state index contributed by atoms with van der Waals surface area (Å²) in [4.78, 5) is 0.132. The Balaban J connectivity index is 2.87. The summed E-state index contributed by atoms with van der Waals surface area (Å²) in [6.45, 7) is 16.8. The molecule has 2 atom stereocenters. The average molecular weight is 433 g/mol. The minimum absolute atomic E-state index is 0.0212. The number of hydrogen-bond acceptors (Lipinski definition) is 6. The molecule has 28 heavy (non-hydrogen) atoms. The fourth-order valence-electron chi connectivity index (χ4n) is 2.17. The van der Waals surface area contributed by atoms with Gasteiger partial charge in [0, 0.05) is 6.61 Å². The minimum atomic E-state index is -3.86. The van der Waals surface area contributed by atoms with Crippen molar-refractivity contribution in [3.05, 3.63) is 29.8 Å². The highest BCUT2D eigenvalue weighted by Gasteiger charge is 2.39. The van der Waals surface area contributed by atoms with Crippen LogP contribution in [0, 0.1) is 6.92 Å². The molecule has 6 nitrogen and oxygen atoms in total. The van der Waals surface area contributed by atoms with Gasteiger partial charge < -0.3 is 13.9 Å². The lowest BCUT2D eigenvalue weighted by Crippen LogP contribution is -2.46. The normalized spacial score (nSPS) is 15.4. The second kappa shape index (κ2) is 10.3. The van der Waals surface area contributed by atoms with Crippen LogP contribution < -0.4 is 0 Å². The van der Waals surface area contributed by atoms with E-state index in [4.69, 9.17) is 18.1 Å². The third-order valence-corrected chi connectivity index (χ3v) is 10.7. The zero-order valence-electron chi connectivity index (χ0n) is 18.4. The van der Waals surface area contributed by atoms with E-state index in [1.165, 1.54) is 0 Å². The standard InChI is InChI=1S/C20H36O6SSi/c1-9-23-17(3)24-14-18(26-28(7,8)20(4,5)6)15-25-27(21,22)19-12-10-16(2)11-13-19/h10-13,17-18H,9,14-15H2,1-8H3. The second-order valence-corrected chi connectivity index (χ2v) is 14.8. The van der Waals surface area contributed by atoms with Crippen LogP contribution in [0.15, 0.2) is 29.2 Å². The third kappa shape index (κ3) is 7.92. The van der Waals surface area contributed by atoms with E-state index in [2.05, 4.69) is 33.9 Å². The predicted octanol–water partition coefficient (Wildman–Crippen LogP) is 4.49. The van der Waals surface area contributed by atoms with E-state index in [0.29, 0.717) is 6.61 Å². The SMILES string of the molecule is CCOC(C)OCC(COS(=O)(=O)c1ccc(C)cc1)O[Si](C)(C)C(C)(C)C. The highest BCUT2D eigenvalue weighted by molar-refractivity contribution is 7.86. The fraction of sp³-hybridized carbons (Fsp3) is 0.700. The van der Waals surface area contributed by atoms with Crippen molar-refractivity contribution in [1.29, 1.82) is 0 Å². The summed E-state index contributed by atoms with van der Waals surface area (Å²) in [7, 11) is -6.00. The molecule has 0 saturated heterocycles. The molecule has 162 valence electrons. The summed E-state index contributed by atoms with van der Waals surface area (Å²) < 4.78 is 47.8. The van der Waals surface area contributed by atoms with Crippen LogP contribution in [0.1, 0.15) is 40.2 Å². The number of benzene rings is 1. The molecular weight excluding hydrogens is 396 g/mol. The molecule has 2 unspecified atom stereocenters. The summed E-state index contributed by atoms with van der Waals surface area (Å²) in [6, 6.07) is 6.57. The van der Waals surface area contributed by atoms with Crippen LogP contribution in [-0.4, -0.2) is 48.9 Å². The van der Waals surface area contributed by atoms with Crippen LogP contribution in [0.5, 0.6) is 0 Å². The maximum Gasteiger partial charge on any atom is 0.297 e. The van der Waals surface area contributed by atoms with Crippen molar-refractivity contribution in [3.8, 4) is 0 Å². The Labute approximate surface area is 171 Å². The molecule has 0 aliphatic carbocycles. The maximum atomic E-state index is 12.5. The van der Waals surface area contributed by atoms with Crippen molar-refractivity contribution in [2.75, 3.05) is 19.8 Å². The van der Waals surface area contributed by atoms with Gasteiger partial charge in [-0.25, -0.2) is 0 Å². The van der Waals surface area contributed by atoms with E-state index in [-0.39, 0.29) is 23.1 Å². The Bertz CT molecular complexity index is 694. The molecule has 0 radical (unpaired) electrons. The first kappa shape index (κ1) is 25.3. The molecule has 0 heterocycles. The van der Waals surface area contributed by atoms with Gasteiger partial charge in [0.25, 0.3) is 10.1 Å². The van der Waals surface area contributed by atoms with Gasteiger partial charge in [0.1, 0.15) is 0 Å². The lowest BCUT2D eigenvalue weighted by atomic mass is 10.2. The van der Waals surface area contributed by atoms with Crippen LogP contribution in [0.4, 0.5) is 0 Å². The summed E-state index contributed by atoms with van der Waals surface area (Å²) >= 11 is 0. The van der Waals surface area contributed by atoms with E-state index in [1.54, 1.807) is 31.2 Å². The molecule has 0 saturated carbocycles. The van der Waals surface area contributed by atoms with Crippen LogP contribution in [-0.2, 0) is 28.2 Å². The van der Waals surface area contributed by atoms with Crippen molar-refractivity contribution in [3.63, 3.8) is 0 Å². The van der Waals surface area contributed by atoms with Crippen LogP contribution in [0.3, 0.4) is 0 Å². The average Bonchev–Trinajstić information content (AvgIpc) is 2.57. The van der Waals surface area contributed by atoms with Gasteiger partial charge in [-0.05, 0) is 51.0 Å². The number of ether oxygens (including phenoxy) is 2. The smallest absolute Gasteiger partial charge is 0.297 e. The maximum absolute atomic E-state index is 12.5. The Morgan fingerprint density at radius 1 is 1.04 bits per heavy atom. The van der Waals surface area contributed by atoms with Gasteiger partial charge in [0.05, 0.1) is 24.2 Å². The molecule has 0 aliphatic heterocycles. The van der Waals surface area contributed by atoms with E-state index < -0.39 is 30.8 Å². The number of hydrogen-bond donors (Lipinski definition) is 0. The summed E-state index contributed by atoms with van der Waals surface area (Å²) in [5.74, 6) is 0. The predicted molar refractivity (Wildman–Crippen MR) is 113 cm³/mol. The third-order valence-electron chi connectivity index (χ3n) is 4.90. The topological polar surface area (TPSA) is 71.1 Å². The minimum Gasteiger partial charge on any atom is -0.409 e. The van der Waals surface area contributed by atoms with Crippen molar-refractivity contribution in [2.45, 2.75) is 77.0 Å². The first-order valence-corrected chi connectivity index (χ1v) is 14.0. The van der Waals surface area contributed by atoms with Crippen LogP contribution >= 0.6 is 0 Å². The van der Waals surface area contributed by atoms with Gasteiger partial charge >= 0.3 is 0 Å². The number of aryl methyl sites for hydroxylation is 1. The fourth-order valence-corrected chi connectivity index (χ4v) is 4.43. The Morgan fingerprint density at radius 2 is 1.61 bits per heavy atom. The first-order valence-electron chi connectivity index (χ1n) is 9.65. The first-order chi connectivity index (χ1) is 12.8. The van der Waals surface area contributed by atoms with Crippen molar-refractivity contribution in [2.24, 2.45) is 0 Å². The zero-order chi connectivity index (χ0) is 21.6. The highest BCUT2D eigenvalue weighted by atomic mass is 32.2. The lowest BCUT2D eigenvalue weighted by molar-refractivity contribution is -0.144. The van der Waals surface area contributed by atoms with E-state index in [1.807, 2.05) is 13.8 Å². The van der Waals surface area contributed by atoms with Gasteiger partial charge in [-0.15, -0.1) is 0 Å². The van der Waals surface area contributed by atoms with E-state index in [0.717, 1.165) is 5.56 Å². The summed E-state index contributed by atoms with van der Waals surface area (Å²) in [5.41, 5.74) is 0.983. The molecule has 0 fully saturated rings. The summed E-state index contributed by atoms with van der Waals surface area (Å²) in [5, 5.41) is -0.0212. The Kier molecular flexibility index (Phi) is 9.31. The van der Waals surface area contributed by atoms with Crippen molar-refractivity contribution < 1.29 is 26.5 Å². The Morgan fingerprint density at radius 3 is 2.11 bits per heavy atom. The molecule has 1 aromatic rings. The second-order valence-electron chi connectivity index (χ2n) is 8.41. The quantitative estimate of drug-likeness (QED) is 0.291. The number of rotatable bonds is 11. The monoisotopic (exact) mass is 432 g/mol. The molecule has 8 heteroatoms. The molecule has 0 aromatic heterocycles. The molecule has 1 rings (SSSR count). The lowest BCUT2D eigenvalue weighted by Gasteiger charge is -2.39. The molecular formula is C20H36O6SSi. The van der Waals surface area contributed by atoms with E-state index in [9.17, 15) is 8.42 Å². The van der Waals surface area contributed by atoms with Crippen LogP contribution in [0.2, 0.25) is 18.1 Å². The van der Waals surface area contributed by atoms with Gasteiger partial charge in [-0.3, -0.25) is 4.18 Å². The zero-order valence-corrected chi connectivity index (χ0v) is 20.3. The van der Waals surface area contributed by atoms with Gasteiger partial charge in [0.15, 0.2) is 14.6 Å². The van der Waals surface area contributed by atoms with Gasteiger partial charge in [0.2, 0.25) is 0 Å². The molecule has 0 N–H and O–H groups in total. The van der Waals surface area contributed by atoms with E-state index >= 15 is 0 Å². The van der Waals surface area contributed by atoms with Crippen molar-refractivity contribution in [1.82, 2.24) is 0 Å². The summed E-state index contributed by atoms with van der Waals surface area (Å²) in [6.07, 6.45) is -0.909. The molecule has 1 aromatic carbocycles. The largest absolute Gasteiger partial charge is 0.409 e. The van der Waals surface area contributed by atoms with Gasteiger partial charge in [-0.2, -0.15) is 8.42 Å². The highest BCUT2D eigenvalue weighted by Crippen LogP contribution is 2.37. The molecule has 0 aliphatic rings. The molecule has 0 amide bonds. The van der Waals surface area contributed by atoms with Gasteiger partial charge in [-0.1, -0.05) is 38.5 Å². The molecule has 0 spiro atoms. The van der Waals surface area contributed by atoms with Crippen LogP contribution in [0.25, 0.3) is 0 Å².